The molecule has 3 rings (SSSR count). The van der Waals surface area contributed by atoms with Crippen LogP contribution in [0, 0.1) is 11.5 Å². The van der Waals surface area contributed by atoms with E-state index >= 15 is 0 Å². The standard InChI is InChI=1S/C25H24O3Si/c1-29(2,3)18-17-20-9-13-24(14-10-20)28-25(26)22-11-15-23(16-12-22)27-19-21-7-5-4-6-8-21/h4-16H,19H2,1-3H3. The van der Waals surface area contributed by atoms with Crippen molar-refractivity contribution in [2.45, 2.75) is 26.2 Å². The van der Waals surface area contributed by atoms with Crippen LogP contribution in [0.15, 0.2) is 78.9 Å². The summed E-state index contributed by atoms with van der Waals surface area (Å²) in [6.07, 6.45) is 0. The molecule has 146 valence electrons. The maximum atomic E-state index is 12.4. The van der Waals surface area contributed by atoms with Crippen molar-refractivity contribution in [2.75, 3.05) is 0 Å². The van der Waals surface area contributed by atoms with Crippen LogP contribution in [0.25, 0.3) is 0 Å². The smallest absolute Gasteiger partial charge is 0.343 e. The van der Waals surface area contributed by atoms with Gasteiger partial charge in [-0.3, -0.25) is 0 Å². The van der Waals surface area contributed by atoms with Crippen LogP contribution in [0.2, 0.25) is 19.6 Å². The van der Waals surface area contributed by atoms with E-state index in [0.29, 0.717) is 23.7 Å². The minimum absolute atomic E-state index is 0.402. The van der Waals surface area contributed by atoms with Crippen LogP contribution >= 0.6 is 0 Å². The van der Waals surface area contributed by atoms with Crippen LogP contribution in [0.1, 0.15) is 21.5 Å². The van der Waals surface area contributed by atoms with Crippen LogP contribution in [-0.4, -0.2) is 14.0 Å². The highest BCUT2D eigenvalue weighted by Gasteiger charge is 2.10. The second-order valence-corrected chi connectivity index (χ2v) is 12.5. The lowest BCUT2D eigenvalue weighted by Gasteiger charge is -2.08. The van der Waals surface area contributed by atoms with Gasteiger partial charge in [-0.25, -0.2) is 4.79 Å². The molecule has 3 aromatic carbocycles. The summed E-state index contributed by atoms with van der Waals surface area (Å²) in [5.41, 5.74) is 5.81. The molecule has 3 nitrogen and oxygen atoms in total. The number of rotatable bonds is 5. The van der Waals surface area contributed by atoms with E-state index in [1.54, 1.807) is 36.4 Å². The second kappa shape index (κ2) is 9.27. The molecule has 3 aromatic rings. The number of esters is 1. The Morgan fingerprint density at radius 1 is 0.828 bits per heavy atom. The average molecular weight is 401 g/mol. The predicted octanol–water partition coefficient (Wildman–Crippen LogP) is 5.71. The van der Waals surface area contributed by atoms with Gasteiger partial charge in [0, 0.05) is 5.56 Å². The fourth-order valence-electron chi connectivity index (χ4n) is 2.46. The zero-order chi connectivity index (χ0) is 20.7. The monoisotopic (exact) mass is 400 g/mol. The molecule has 0 aromatic heterocycles. The normalized spacial score (nSPS) is 10.6. The van der Waals surface area contributed by atoms with Gasteiger partial charge in [0.05, 0.1) is 5.56 Å². The maximum Gasteiger partial charge on any atom is 0.343 e. The molecule has 0 N–H and O–H groups in total. The SMILES string of the molecule is C[Si](C)(C)C#Cc1ccc(OC(=O)c2ccc(OCc3ccccc3)cc2)cc1. The van der Waals surface area contributed by atoms with Crippen LogP contribution in [0.4, 0.5) is 0 Å². The average Bonchev–Trinajstić information content (AvgIpc) is 2.72. The summed E-state index contributed by atoms with van der Waals surface area (Å²) in [6.45, 7) is 7.09. The van der Waals surface area contributed by atoms with Gasteiger partial charge in [-0.15, -0.1) is 5.54 Å². The minimum atomic E-state index is -1.41. The third kappa shape index (κ3) is 6.67. The van der Waals surface area contributed by atoms with E-state index in [-0.39, 0.29) is 0 Å². The molecule has 0 heterocycles. The topological polar surface area (TPSA) is 35.5 Å². The highest BCUT2D eigenvalue weighted by Crippen LogP contribution is 2.17. The van der Waals surface area contributed by atoms with Gasteiger partial charge in [-0.05, 0) is 54.1 Å². The van der Waals surface area contributed by atoms with Gasteiger partial charge in [-0.1, -0.05) is 55.9 Å². The van der Waals surface area contributed by atoms with Crippen molar-refractivity contribution in [3.63, 3.8) is 0 Å². The zero-order valence-electron chi connectivity index (χ0n) is 16.9. The van der Waals surface area contributed by atoms with Gasteiger partial charge in [0.2, 0.25) is 0 Å². The number of hydrogen-bond acceptors (Lipinski definition) is 3. The highest BCUT2D eigenvalue weighted by atomic mass is 28.3. The Hall–Kier alpha value is -3.29. The van der Waals surface area contributed by atoms with Crippen molar-refractivity contribution < 1.29 is 14.3 Å². The lowest BCUT2D eigenvalue weighted by Crippen LogP contribution is -2.16. The van der Waals surface area contributed by atoms with Gasteiger partial charge in [0.15, 0.2) is 0 Å². The van der Waals surface area contributed by atoms with Crippen molar-refractivity contribution in [3.8, 4) is 23.0 Å². The molecule has 0 spiro atoms. The first-order chi connectivity index (χ1) is 13.9. The van der Waals surface area contributed by atoms with Crippen LogP contribution in [-0.2, 0) is 6.61 Å². The van der Waals surface area contributed by atoms with E-state index < -0.39 is 14.0 Å². The summed E-state index contributed by atoms with van der Waals surface area (Å²) < 4.78 is 11.2. The second-order valence-electron chi connectivity index (χ2n) is 7.71. The summed E-state index contributed by atoms with van der Waals surface area (Å²) in [4.78, 5) is 12.4. The first-order valence-corrected chi connectivity index (χ1v) is 13.0. The summed E-state index contributed by atoms with van der Waals surface area (Å²) in [5, 5.41) is 0. The summed E-state index contributed by atoms with van der Waals surface area (Å²) in [5.74, 6) is 3.98. The number of ether oxygens (including phenoxy) is 2. The number of carbonyl (C=O) groups is 1. The molecule has 0 aliphatic rings. The Morgan fingerprint density at radius 3 is 2.07 bits per heavy atom. The number of carbonyl (C=O) groups excluding carboxylic acids is 1. The first-order valence-electron chi connectivity index (χ1n) is 9.51. The Balaban J connectivity index is 1.57. The molecule has 29 heavy (non-hydrogen) atoms. The maximum absolute atomic E-state index is 12.4. The van der Waals surface area contributed by atoms with Gasteiger partial charge >= 0.3 is 5.97 Å². The van der Waals surface area contributed by atoms with Crippen molar-refractivity contribution in [1.29, 1.82) is 0 Å². The summed E-state index contributed by atoms with van der Waals surface area (Å²) >= 11 is 0. The molecule has 0 unspecified atom stereocenters. The van der Waals surface area contributed by atoms with Crippen molar-refractivity contribution in [3.05, 3.63) is 95.6 Å². The molecule has 0 saturated carbocycles. The van der Waals surface area contributed by atoms with Crippen molar-refractivity contribution >= 4 is 14.0 Å². The molecule has 0 aliphatic heterocycles. The largest absolute Gasteiger partial charge is 0.489 e. The third-order valence-corrected chi connectivity index (χ3v) is 4.86. The van der Waals surface area contributed by atoms with Crippen LogP contribution < -0.4 is 9.47 Å². The summed E-state index contributed by atoms with van der Waals surface area (Å²) in [6, 6.07) is 24.2. The Kier molecular flexibility index (Phi) is 6.53. The van der Waals surface area contributed by atoms with Crippen LogP contribution in [0.5, 0.6) is 11.5 Å². The number of hydrogen-bond donors (Lipinski definition) is 0. The fourth-order valence-corrected chi connectivity index (χ4v) is 2.98. The first kappa shape index (κ1) is 20.4. The molecular weight excluding hydrogens is 376 g/mol. The highest BCUT2D eigenvalue weighted by molar-refractivity contribution is 6.83. The zero-order valence-corrected chi connectivity index (χ0v) is 17.9. The molecule has 0 fully saturated rings. The fraction of sp³-hybridized carbons (Fsp3) is 0.160. The van der Waals surface area contributed by atoms with E-state index in [1.165, 1.54) is 0 Å². The van der Waals surface area contributed by atoms with E-state index in [2.05, 4.69) is 31.1 Å². The molecule has 0 atom stereocenters. The number of benzene rings is 3. The van der Waals surface area contributed by atoms with E-state index in [4.69, 9.17) is 9.47 Å². The lowest BCUT2D eigenvalue weighted by atomic mass is 10.2. The quantitative estimate of drug-likeness (QED) is 0.238. The van der Waals surface area contributed by atoms with Crippen LogP contribution in [0.3, 0.4) is 0 Å². The Labute approximate surface area is 173 Å². The molecule has 0 aliphatic carbocycles. The minimum Gasteiger partial charge on any atom is -0.489 e. The third-order valence-electron chi connectivity index (χ3n) is 3.99. The molecule has 0 bridgehead atoms. The Bertz CT molecular complexity index is 1010. The van der Waals surface area contributed by atoms with Gasteiger partial charge in [0.25, 0.3) is 0 Å². The Morgan fingerprint density at radius 2 is 1.45 bits per heavy atom. The molecule has 0 amide bonds. The molecule has 4 heteroatoms. The van der Waals surface area contributed by atoms with Crippen molar-refractivity contribution in [1.82, 2.24) is 0 Å². The summed E-state index contributed by atoms with van der Waals surface area (Å²) in [7, 11) is -1.41. The molecular formula is C25H24O3Si. The van der Waals surface area contributed by atoms with Crippen molar-refractivity contribution in [2.24, 2.45) is 0 Å². The molecule has 0 saturated heterocycles. The van der Waals surface area contributed by atoms with Gasteiger partial charge < -0.3 is 9.47 Å². The predicted molar refractivity (Wildman–Crippen MR) is 119 cm³/mol. The van der Waals surface area contributed by atoms with Gasteiger partial charge in [-0.2, -0.15) is 0 Å². The van der Waals surface area contributed by atoms with Gasteiger partial charge in [0.1, 0.15) is 26.2 Å². The molecule has 0 radical (unpaired) electrons. The van der Waals surface area contributed by atoms with E-state index in [0.717, 1.165) is 11.1 Å². The van der Waals surface area contributed by atoms with E-state index in [9.17, 15) is 4.79 Å². The lowest BCUT2D eigenvalue weighted by molar-refractivity contribution is 0.0734. The van der Waals surface area contributed by atoms with E-state index in [1.807, 2.05) is 42.5 Å².